The van der Waals surface area contributed by atoms with Gasteiger partial charge in [-0.3, -0.25) is 24.2 Å². The molecule has 3 rings (SSSR count). The van der Waals surface area contributed by atoms with Crippen LogP contribution in [0, 0.1) is 17.8 Å². The van der Waals surface area contributed by atoms with Crippen LogP contribution >= 0.6 is 0 Å². The lowest BCUT2D eigenvalue weighted by molar-refractivity contribution is -0.213. The van der Waals surface area contributed by atoms with Crippen molar-refractivity contribution in [1.29, 1.82) is 0 Å². The highest BCUT2D eigenvalue weighted by atomic mass is 19.4. The Balaban J connectivity index is 1.76. The molecule has 0 aliphatic heterocycles. The molecule has 0 fully saturated rings. The number of nitrogens with one attached hydrogen (secondary N) is 2. The summed E-state index contributed by atoms with van der Waals surface area (Å²) in [5, 5.41) is 24.4. The third kappa shape index (κ3) is 12.4. The molecule has 1 heterocycles. The number of alkyl halides is 3. The summed E-state index contributed by atoms with van der Waals surface area (Å²) < 4.78 is 39.9. The van der Waals surface area contributed by atoms with Crippen molar-refractivity contribution in [3.63, 3.8) is 0 Å². The Bertz CT molecular complexity index is 1650. The van der Waals surface area contributed by atoms with Crippen LogP contribution in [0.25, 0.3) is 11.1 Å². The monoisotopic (exact) mass is 711 g/mol. The highest BCUT2D eigenvalue weighted by Crippen LogP contribution is 2.26. The molecule has 0 saturated heterocycles. The van der Waals surface area contributed by atoms with Gasteiger partial charge in [-0.2, -0.15) is 13.2 Å². The molecule has 4 N–H and O–H groups in total. The van der Waals surface area contributed by atoms with Gasteiger partial charge >= 0.3 is 6.18 Å². The van der Waals surface area contributed by atoms with Gasteiger partial charge in [0.2, 0.25) is 11.8 Å². The number of hydrogen-bond donors (Lipinski definition) is 4. The summed E-state index contributed by atoms with van der Waals surface area (Å²) in [6.07, 6.45) is -6.10. The topological polar surface area (TPSA) is 163 Å². The predicted octanol–water partition coefficient (Wildman–Crippen LogP) is 5.40. The van der Waals surface area contributed by atoms with Crippen LogP contribution in [0.1, 0.15) is 69.3 Å². The van der Waals surface area contributed by atoms with Crippen molar-refractivity contribution in [2.45, 2.75) is 84.2 Å². The number of aliphatic hydroxyl groups is 1. The number of nitrogens with zero attached hydrogens (tertiary/aromatic N) is 1. The number of carbonyl (C=O) groups excluding carboxylic acids is 5. The third-order valence-electron chi connectivity index (χ3n) is 8.64. The number of aromatic nitrogens is 1. The number of amides is 2. The fourth-order valence-electron chi connectivity index (χ4n) is 5.48. The SMILES string of the molecule is CC(=O)CCC(NC(=O)[C@H](C)CC(=O)[C@H](Cc1ccc(O)cc1)NC(=O)[C@@H](CC(=O)c1ccc(-c2cccnc2)cc1)C(C)C)C(O)C(F)(F)F. The first kappa shape index (κ1) is 40.5. The first-order valence-electron chi connectivity index (χ1n) is 16.7. The minimum absolute atomic E-state index is 0.0248. The van der Waals surface area contributed by atoms with Gasteiger partial charge in [0.25, 0.3) is 0 Å². The zero-order valence-corrected chi connectivity index (χ0v) is 28.9. The molecule has 5 atom stereocenters. The summed E-state index contributed by atoms with van der Waals surface area (Å²) in [5.41, 5.74) is 2.69. The molecular formula is C38H44F3N3O7. The normalized spacial score (nSPS) is 14.5. The second kappa shape index (κ2) is 18.4. The molecule has 3 aromatic rings. The molecule has 1 aromatic heterocycles. The number of halogens is 3. The van der Waals surface area contributed by atoms with Gasteiger partial charge in [0.05, 0.1) is 12.1 Å². The number of ketones is 3. The van der Waals surface area contributed by atoms with Gasteiger partial charge < -0.3 is 25.6 Å². The van der Waals surface area contributed by atoms with Crippen molar-refractivity contribution < 1.29 is 47.4 Å². The zero-order valence-electron chi connectivity index (χ0n) is 28.9. The van der Waals surface area contributed by atoms with Crippen LogP contribution in [0.5, 0.6) is 5.75 Å². The van der Waals surface area contributed by atoms with E-state index in [0.29, 0.717) is 11.1 Å². The summed E-state index contributed by atoms with van der Waals surface area (Å²) in [6, 6.07) is 13.5. The van der Waals surface area contributed by atoms with Crippen molar-refractivity contribution in [2.75, 3.05) is 0 Å². The van der Waals surface area contributed by atoms with Gasteiger partial charge in [0.15, 0.2) is 17.7 Å². The third-order valence-corrected chi connectivity index (χ3v) is 8.64. The van der Waals surface area contributed by atoms with E-state index in [4.69, 9.17) is 0 Å². The molecule has 0 spiro atoms. The Labute approximate surface area is 294 Å². The zero-order chi connectivity index (χ0) is 37.9. The summed E-state index contributed by atoms with van der Waals surface area (Å²) in [5.74, 6) is -5.18. The molecule has 51 heavy (non-hydrogen) atoms. The number of phenolic OH excluding ortho intramolecular Hbond substituents is 1. The molecule has 0 aliphatic rings. The van der Waals surface area contributed by atoms with Crippen LogP contribution in [0.3, 0.4) is 0 Å². The van der Waals surface area contributed by atoms with Gasteiger partial charge in [0.1, 0.15) is 11.5 Å². The number of carbonyl (C=O) groups is 5. The van der Waals surface area contributed by atoms with E-state index in [1.165, 1.54) is 26.0 Å². The smallest absolute Gasteiger partial charge is 0.416 e. The van der Waals surface area contributed by atoms with Gasteiger partial charge in [-0.15, -0.1) is 0 Å². The average Bonchev–Trinajstić information content (AvgIpc) is 3.08. The Kier molecular flexibility index (Phi) is 14.6. The van der Waals surface area contributed by atoms with Crippen molar-refractivity contribution in [1.82, 2.24) is 15.6 Å². The molecule has 2 unspecified atom stereocenters. The lowest BCUT2D eigenvalue weighted by atomic mass is 9.87. The summed E-state index contributed by atoms with van der Waals surface area (Å²) in [7, 11) is 0. The average molecular weight is 712 g/mol. The number of hydrogen-bond acceptors (Lipinski definition) is 8. The van der Waals surface area contributed by atoms with Gasteiger partial charge in [-0.05, 0) is 60.6 Å². The van der Waals surface area contributed by atoms with Crippen LogP contribution in [-0.4, -0.2) is 68.7 Å². The van der Waals surface area contributed by atoms with E-state index in [1.807, 2.05) is 6.07 Å². The van der Waals surface area contributed by atoms with Gasteiger partial charge in [0, 0.05) is 49.1 Å². The first-order valence-corrected chi connectivity index (χ1v) is 16.7. The van der Waals surface area contributed by atoms with E-state index in [2.05, 4.69) is 15.6 Å². The maximum atomic E-state index is 13.7. The highest BCUT2D eigenvalue weighted by molar-refractivity contribution is 6.00. The fraction of sp³-hybridized carbons (Fsp3) is 0.421. The van der Waals surface area contributed by atoms with E-state index < -0.39 is 72.4 Å². The minimum atomic E-state index is -5.06. The molecule has 13 heteroatoms. The number of aliphatic hydroxyl groups excluding tert-OH is 1. The lowest BCUT2D eigenvalue weighted by Crippen LogP contribution is -2.52. The maximum Gasteiger partial charge on any atom is 0.416 e. The fourth-order valence-corrected chi connectivity index (χ4v) is 5.48. The number of phenols is 1. The largest absolute Gasteiger partial charge is 0.508 e. The van der Waals surface area contributed by atoms with E-state index in [1.54, 1.807) is 68.7 Å². The number of pyridine rings is 1. The van der Waals surface area contributed by atoms with E-state index >= 15 is 0 Å². The van der Waals surface area contributed by atoms with Crippen molar-refractivity contribution in [3.05, 3.63) is 84.2 Å². The Morgan fingerprint density at radius 1 is 0.843 bits per heavy atom. The standard InChI is InChI=1S/C38H44F3N3O7/c1-22(2)30(20-33(47)27-12-10-26(11-13-27)28-6-5-17-42-21-28)37(51)44-32(19-25-8-14-29(46)15-9-25)34(48)18-23(3)36(50)43-31(16-7-24(4)45)35(49)38(39,40)41/h5-6,8-15,17,21-23,30-32,35,46,49H,7,16,18-20H2,1-4H3,(H,43,50)(H,44,51)/t23-,30+,31?,32+,35?/m1/s1. The summed E-state index contributed by atoms with van der Waals surface area (Å²) >= 11 is 0. The molecule has 2 amide bonds. The number of Topliss-reactive ketones (excluding diaryl/α,β-unsaturated/α-hetero) is 3. The Hall–Kier alpha value is -4.91. The van der Waals surface area contributed by atoms with Crippen molar-refractivity contribution in [3.8, 4) is 16.9 Å². The molecule has 0 aliphatic carbocycles. The second-order valence-corrected chi connectivity index (χ2v) is 13.1. The van der Waals surface area contributed by atoms with Crippen molar-refractivity contribution in [2.24, 2.45) is 17.8 Å². The Morgan fingerprint density at radius 2 is 1.49 bits per heavy atom. The quantitative estimate of drug-likeness (QED) is 0.128. The number of benzene rings is 2. The molecule has 0 bridgehead atoms. The summed E-state index contributed by atoms with van der Waals surface area (Å²) in [4.78, 5) is 69.2. The molecule has 0 saturated carbocycles. The molecule has 2 aromatic carbocycles. The minimum Gasteiger partial charge on any atom is -0.508 e. The van der Waals surface area contributed by atoms with Crippen LogP contribution in [0.4, 0.5) is 13.2 Å². The van der Waals surface area contributed by atoms with Crippen LogP contribution in [0.15, 0.2) is 73.1 Å². The van der Waals surface area contributed by atoms with Gasteiger partial charge in [-0.1, -0.05) is 63.2 Å². The van der Waals surface area contributed by atoms with Crippen molar-refractivity contribution >= 4 is 29.2 Å². The highest BCUT2D eigenvalue weighted by Gasteiger charge is 2.44. The van der Waals surface area contributed by atoms with Crippen LogP contribution < -0.4 is 10.6 Å². The number of rotatable bonds is 18. The second-order valence-electron chi connectivity index (χ2n) is 13.1. The number of aromatic hydroxyl groups is 1. The van der Waals surface area contributed by atoms with Gasteiger partial charge in [-0.25, -0.2) is 0 Å². The molecule has 0 radical (unpaired) electrons. The maximum absolute atomic E-state index is 13.7. The van der Waals surface area contributed by atoms with E-state index in [9.17, 15) is 47.4 Å². The summed E-state index contributed by atoms with van der Waals surface area (Å²) in [6.45, 7) is 6.03. The predicted molar refractivity (Wildman–Crippen MR) is 183 cm³/mol. The van der Waals surface area contributed by atoms with E-state index in [0.717, 1.165) is 11.1 Å². The first-order chi connectivity index (χ1) is 24.0. The molecule has 274 valence electrons. The van der Waals surface area contributed by atoms with Crippen LogP contribution in [0.2, 0.25) is 0 Å². The van der Waals surface area contributed by atoms with Crippen LogP contribution in [-0.2, 0) is 25.6 Å². The Morgan fingerprint density at radius 3 is 2.04 bits per heavy atom. The van der Waals surface area contributed by atoms with E-state index in [-0.39, 0.29) is 36.7 Å². The lowest BCUT2D eigenvalue weighted by Gasteiger charge is -2.27. The molecular weight excluding hydrogens is 667 g/mol. The molecule has 10 nitrogen and oxygen atoms in total.